The molecule has 1 fully saturated rings. The van der Waals surface area contributed by atoms with E-state index in [1.165, 1.54) is 54.5 Å². The van der Waals surface area contributed by atoms with E-state index in [2.05, 4.69) is 4.74 Å². The van der Waals surface area contributed by atoms with Crippen LogP contribution in [-0.2, 0) is 11.3 Å². The van der Waals surface area contributed by atoms with Crippen LogP contribution in [0.15, 0.2) is 42.5 Å². The van der Waals surface area contributed by atoms with Crippen molar-refractivity contribution in [3.05, 3.63) is 59.4 Å². The van der Waals surface area contributed by atoms with Crippen LogP contribution >= 0.6 is 11.6 Å². The second kappa shape index (κ2) is 7.87. The lowest BCUT2D eigenvalue weighted by molar-refractivity contribution is -0.274. The highest BCUT2D eigenvalue weighted by atomic mass is 35.5. The van der Waals surface area contributed by atoms with Crippen LogP contribution in [0.25, 0.3) is 0 Å². The molecule has 2 atom stereocenters. The number of carbonyl (C=O) groups excluding carboxylic acids is 1. The molecule has 0 saturated carbocycles. The lowest BCUT2D eigenvalue weighted by Crippen LogP contribution is -2.29. The van der Waals surface area contributed by atoms with Gasteiger partial charge in [0.1, 0.15) is 22.7 Å². The molecule has 0 N–H and O–H groups in total. The zero-order valence-electron chi connectivity index (χ0n) is 14.7. The van der Waals surface area contributed by atoms with Crippen LogP contribution < -0.4 is 9.47 Å². The second-order valence-electron chi connectivity index (χ2n) is 6.26. The summed E-state index contributed by atoms with van der Waals surface area (Å²) in [5.41, 5.74) is 1.21. The minimum absolute atomic E-state index is 0.125. The van der Waals surface area contributed by atoms with Gasteiger partial charge in [0, 0.05) is 18.2 Å². The van der Waals surface area contributed by atoms with Gasteiger partial charge < -0.3 is 14.4 Å². The van der Waals surface area contributed by atoms with Gasteiger partial charge in [0.2, 0.25) is 5.91 Å². The number of methoxy groups -OCH3 is 1. The molecule has 0 aromatic heterocycles. The number of halogens is 5. The Hall–Kier alpha value is -2.48. The highest BCUT2D eigenvalue weighted by Gasteiger charge is 2.40. The molecule has 2 aromatic rings. The predicted octanol–water partition coefficient (Wildman–Crippen LogP) is 4.81. The Morgan fingerprint density at radius 2 is 1.86 bits per heavy atom. The number of carbonyl (C=O) groups is 1. The third kappa shape index (κ3) is 4.49. The third-order valence-electron chi connectivity index (χ3n) is 4.42. The van der Waals surface area contributed by atoms with Gasteiger partial charge in [-0.3, -0.25) is 4.79 Å². The van der Waals surface area contributed by atoms with Crippen LogP contribution in [0.3, 0.4) is 0 Å². The Balaban J connectivity index is 1.84. The van der Waals surface area contributed by atoms with Gasteiger partial charge in [-0.25, -0.2) is 4.39 Å². The first kappa shape index (κ1) is 20.3. The Morgan fingerprint density at radius 3 is 2.46 bits per heavy atom. The van der Waals surface area contributed by atoms with E-state index in [4.69, 9.17) is 16.3 Å². The molecule has 1 amide bonds. The standard InChI is InChI=1S/C19H16ClF4NO3/c1-27-17-8-12(21)4-7-14(17)16-9-15(20)18(26)25(16)10-11-2-5-13(6-3-11)28-19(22,23)24/h2-8,15-16H,9-10H2,1H3/t15?,16-/m0/s1. The topological polar surface area (TPSA) is 38.8 Å². The molecule has 28 heavy (non-hydrogen) atoms. The van der Waals surface area contributed by atoms with E-state index in [0.29, 0.717) is 23.3 Å². The van der Waals surface area contributed by atoms with Crippen molar-refractivity contribution in [3.63, 3.8) is 0 Å². The third-order valence-corrected chi connectivity index (χ3v) is 4.79. The molecule has 1 aliphatic heterocycles. The van der Waals surface area contributed by atoms with E-state index < -0.39 is 23.6 Å². The van der Waals surface area contributed by atoms with E-state index in [0.717, 1.165) is 0 Å². The lowest BCUT2D eigenvalue weighted by Gasteiger charge is -2.26. The fourth-order valence-electron chi connectivity index (χ4n) is 3.19. The zero-order valence-corrected chi connectivity index (χ0v) is 15.4. The van der Waals surface area contributed by atoms with Crippen LogP contribution in [0.5, 0.6) is 11.5 Å². The number of likely N-dealkylation sites (tertiary alicyclic amines) is 1. The molecule has 1 heterocycles. The maximum Gasteiger partial charge on any atom is 0.573 e. The zero-order chi connectivity index (χ0) is 20.5. The minimum atomic E-state index is -4.78. The molecular formula is C19H16ClF4NO3. The molecule has 3 rings (SSSR count). The highest BCUT2D eigenvalue weighted by Crippen LogP contribution is 2.40. The lowest BCUT2D eigenvalue weighted by atomic mass is 10.0. The summed E-state index contributed by atoms with van der Waals surface area (Å²) in [4.78, 5) is 14.0. The normalized spacial score (nSPS) is 19.8. The Bertz CT molecular complexity index is 857. The molecule has 1 aliphatic rings. The molecule has 0 radical (unpaired) electrons. The van der Waals surface area contributed by atoms with Crippen LogP contribution in [0.1, 0.15) is 23.6 Å². The number of hydrogen-bond acceptors (Lipinski definition) is 3. The monoisotopic (exact) mass is 417 g/mol. The molecule has 0 bridgehead atoms. The fourth-order valence-corrected chi connectivity index (χ4v) is 3.49. The molecule has 1 saturated heterocycles. The number of alkyl halides is 4. The van der Waals surface area contributed by atoms with Gasteiger partial charge in [0.05, 0.1) is 13.2 Å². The average molecular weight is 418 g/mol. The van der Waals surface area contributed by atoms with Gasteiger partial charge in [-0.15, -0.1) is 24.8 Å². The van der Waals surface area contributed by atoms with E-state index in [1.54, 1.807) is 0 Å². The van der Waals surface area contributed by atoms with Gasteiger partial charge in [-0.1, -0.05) is 18.2 Å². The van der Waals surface area contributed by atoms with Crippen molar-refractivity contribution in [2.45, 2.75) is 30.7 Å². The summed E-state index contributed by atoms with van der Waals surface area (Å²) in [7, 11) is 1.40. The molecule has 4 nitrogen and oxygen atoms in total. The predicted molar refractivity (Wildman–Crippen MR) is 93.6 cm³/mol. The number of benzene rings is 2. The van der Waals surface area contributed by atoms with Gasteiger partial charge >= 0.3 is 6.36 Å². The Labute approximate surface area is 163 Å². The SMILES string of the molecule is COc1cc(F)ccc1[C@@H]1CC(Cl)C(=O)N1Cc1ccc(OC(F)(F)F)cc1. The van der Waals surface area contributed by atoms with Crippen molar-refractivity contribution in [1.29, 1.82) is 0 Å². The molecule has 0 aliphatic carbocycles. The number of hydrogen-bond donors (Lipinski definition) is 0. The van der Waals surface area contributed by atoms with Gasteiger partial charge in [-0.2, -0.15) is 0 Å². The smallest absolute Gasteiger partial charge is 0.496 e. The van der Waals surface area contributed by atoms with Crippen LogP contribution in [-0.4, -0.2) is 29.7 Å². The van der Waals surface area contributed by atoms with Crippen molar-refractivity contribution >= 4 is 17.5 Å². The first-order valence-corrected chi connectivity index (χ1v) is 8.74. The average Bonchev–Trinajstić information content (AvgIpc) is 2.90. The van der Waals surface area contributed by atoms with E-state index in [-0.39, 0.29) is 18.2 Å². The molecule has 0 spiro atoms. The molecule has 150 valence electrons. The quantitative estimate of drug-likeness (QED) is 0.517. The van der Waals surface area contributed by atoms with Crippen LogP contribution in [0.4, 0.5) is 17.6 Å². The summed E-state index contributed by atoms with van der Waals surface area (Å²) >= 11 is 6.14. The molecule has 2 aromatic carbocycles. The summed E-state index contributed by atoms with van der Waals surface area (Å²) in [6.07, 6.45) is -4.47. The van der Waals surface area contributed by atoms with Crippen molar-refractivity contribution in [2.24, 2.45) is 0 Å². The number of nitrogens with zero attached hydrogens (tertiary/aromatic N) is 1. The Kier molecular flexibility index (Phi) is 5.69. The minimum Gasteiger partial charge on any atom is -0.496 e. The van der Waals surface area contributed by atoms with Crippen molar-refractivity contribution in [1.82, 2.24) is 4.90 Å². The van der Waals surface area contributed by atoms with E-state index >= 15 is 0 Å². The largest absolute Gasteiger partial charge is 0.573 e. The summed E-state index contributed by atoms with van der Waals surface area (Å²) < 4.78 is 59.4. The van der Waals surface area contributed by atoms with Crippen molar-refractivity contribution < 1.29 is 31.8 Å². The summed E-state index contributed by atoms with van der Waals surface area (Å²) in [5.74, 6) is -0.841. The number of ether oxygens (including phenoxy) is 2. The Morgan fingerprint density at radius 1 is 1.18 bits per heavy atom. The van der Waals surface area contributed by atoms with E-state index in [9.17, 15) is 22.4 Å². The van der Waals surface area contributed by atoms with E-state index in [1.807, 2.05) is 0 Å². The summed E-state index contributed by atoms with van der Waals surface area (Å²) in [6.45, 7) is 0.125. The first-order valence-electron chi connectivity index (χ1n) is 8.30. The summed E-state index contributed by atoms with van der Waals surface area (Å²) in [6, 6.07) is 8.81. The van der Waals surface area contributed by atoms with Gasteiger partial charge in [-0.05, 0) is 30.2 Å². The second-order valence-corrected chi connectivity index (χ2v) is 6.79. The fraction of sp³-hybridized carbons (Fsp3) is 0.316. The maximum atomic E-state index is 13.5. The number of amides is 1. The van der Waals surface area contributed by atoms with Crippen LogP contribution in [0, 0.1) is 5.82 Å². The maximum absolute atomic E-state index is 13.5. The first-order chi connectivity index (χ1) is 13.2. The number of rotatable bonds is 5. The van der Waals surface area contributed by atoms with Crippen molar-refractivity contribution in [2.75, 3.05) is 7.11 Å². The van der Waals surface area contributed by atoms with Crippen molar-refractivity contribution in [3.8, 4) is 11.5 Å². The van der Waals surface area contributed by atoms with Gasteiger partial charge in [0.25, 0.3) is 0 Å². The van der Waals surface area contributed by atoms with Gasteiger partial charge in [0.15, 0.2) is 0 Å². The molecule has 9 heteroatoms. The highest BCUT2D eigenvalue weighted by molar-refractivity contribution is 6.31. The van der Waals surface area contributed by atoms with Crippen LogP contribution in [0.2, 0.25) is 0 Å². The summed E-state index contributed by atoms with van der Waals surface area (Å²) in [5, 5.41) is -0.757. The molecular weight excluding hydrogens is 402 g/mol. The molecule has 1 unspecified atom stereocenters.